The van der Waals surface area contributed by atoms with E-state index >= 15 is 0 Å². The second kappa shape index (κ2) is 8.12. The molecule has 0 fully saturated rings. The largest absolute Gasteiger partial charge is 0.489 e. The molecule has 1 rings (SSSR count). The lowest BCUT2D eigenvalue weighted by Crippen LogP contribution is -2.32. The van der Waals surface area contributed by atoms with Gasteiger partial charge in [0.1, 0.15) is 5.75 Å². The Balaban J connectivity index is 2.88. The van der Waals surface area contributed by atoms with Crippen molar-refractivity contribution in [2.75, 3.05) is 13.7 Å². The molecule has 2 unspecified atom stereocenters. The van der Waals surface area contributed by atoms with Gasteiger partial charge in [-0.2, -0.15) is 0 Å². The van der Waals surface area contributed by atoms with Crippen LogP contribution in [-0.2, 0) is 4.74 Å². The van der Waals surface area contributed by atoms with Crippen molar-refractivity contribution in [3.05, 3.63) is 24.0 Å². The van der Waals surface area contributed by atoms with Gasteiger partial charge in [-0.05, 0) is 45.4 Å². The topological polar surface area (TPSA) is 43.4 Å². The molecule has 0 radical (unpaired) electrons. The van der Waals surface area contributed by atoms with Crippen LogP contribution in [0, 0.1) is 0 Å². The van der Waals surface area contributed by atoms with Gasteiger partial charge in [0.2, 0.25) is 0 Å². The van der Waals surface area contributed by atoms with Gasteiger partial charge in [0.15, 0.2) is 0 Å². The number of hydrogen-bond donors (Lipinski definition) is 1. The zero-order valence-electron chi connectivity index (χ0n) is 12.6. The van der Waals surface area contributed by atoms with E-state index in [1.54, 1.807) is 13.3 Å². The highest BCUT2D eigenvalue weighted by Gasteiger charge is 2.19. The van der Waals surface area contributed by atoms with Crippen molar-refractivity contribution < 1.29 is 9.47 Å². The molecule has 19 heavy (non-hydrogen) atoms. The number of aromatic nitrogens is 1. The molecule has 1 aromatic heterocycles. The molecule has 2 atom stereocenters. The Kier molecular flexibility index (Phi) is 6.81. The Bertz CT molecular complexity index is 369. The summed E-state index contributed by atoms with van der Waals surface area (Å²) in [6.45, 7) is 9.18. The van der Waals surface area contributed by atoms with E-state index in [0.717, 1.165) is 24.3 Å². The third kappa shape index (κ3) is 5.17. The van der Waals surface area contributed by atoms with Crippen LogP contribution in [0.15, 0.2) is 18.5 Å². The highest BCUT2D eigenvalue weighted by atomic mass is 16.5. The van der Waals surface area contributed by atoms with Crippen LogP contribution < -0.4 is 10.1 Å². The van der Waals surface area contributed by atoms with E-state index in [2.05, 4.69) is 24.1 Å². The summed E-state index contributed by atoms with van der Waals surface area (Å²) in [6.07, 6.45) is 4.94. The molecule has 0 aliphatic carbocycles. The second-order valence-electron chi connectivity index (χ2n) is 4.99. The molecule has 1 aromatic rings. The number of rotatable bonds is 8. The minimum atomic E-state index is 0.0858. The molecule has 0 aromatic carbocycles. The molecule has 0 spiro atoms. The third-order valence-electron chi connectivity index (χ3n) is 2.92. The van der Waals surface area contributed by atoms with Crippen LogP contribution in [-0.4, -0.2) is 30.8 Å². The molecule has 4 nitrogen and oxygen atoms in total. The van der Waals surface area contributed by atoms with Gasteiger partial charge >= 0.3 is 0 Å². The molecule has 0 amide bonds. The molecule has 0 aliphatic heterocycles. The summed E-state index contributed by atoms with van der Waals surface area (Å²) in [4.78, 5) is 4.26. The van der Waals surface area contributed by atoms with Gasteiger partial charge in [-0.15, -0.1) is 0 Å². The molecule has 108 valence electrons. The van der Waals surface area contributed by atoms with Gasteiger partial charge in [-0.25, -0.2) is 0 Å². The van der Waals surface area contributed by atoms with E-state index in [1.165, 1.54) is 0 Å². The van der Waals surface area contributed by atoms with Gasteiger partial charge in [-0.1, -0.05) is 6.92 Å². The fraction of sp³-hybridized carbons (Fsp3) is 0.667. The van der Waals surface area contributed by atoms with E-state index in [-0.39, 0.29) is 18.2 Å². The van der Waals surface area contributed by atoms with E-state index in [4.69, 9.17) is 9.47 Å². The van der Waals surface area contributed by atoms with E-state index < -0.39 is 0 Å². The smallest absolute Gasteiger partial charge is 0.138 e. The van der Waals surface area contributed by atoms with Crippen molar-refractivity contribution in [3.63, 3.8) is 0 Å². The number of methoxy groups -OCH3 is 1. The van der Waals surface area contributed by atoms with Gasteiger partial charge in [0.05, 0.1) is 24.4 Å². The van der Waals surface area contributed by atoms with Crippen molar-refractivity contribution in [3.8, 4) is 5.75 Å². The number of pyridine rings is 1. The Hall–Kier alpha value is -1.13. The SMILES string of the molecule is CCCNC(c1cncc(OC(C)C)c1)C(C)OC. The molecule has 1 heterocycles. The maximum atomic E-state index is 5.69. The Morgan fingerprint density at radius 2 is 2.00 bits per heavy atom. The number of ether oxygens (including phenoxy) is 2. The maximum absolute atomic E-state index is 5.69. The molecule has 0 aliphatic rings. The van der Waals surface area contributed by atoms with Crippen LogP contribution in [0.25, 0.3) is 0 Å². The first-order valence-electron chi connectivity index (χ1n) is 6.96. The Morgan fingerprint density at radius 1 is 1.26 bits per heavy atom. The van der Waals surface area contributed by atoms with E-state index in [0.29, 0.717) is 0 Å². The fourth-order valence-corrected chi connectivity index (χ4v) is 1.93. The predicted molar refractivity (Wildman–Crippen MR) is 77.5 cm³/mol. The summed E-state index contributed by atoms with van der Waals surface area (Å²) in [7, 11) is 1.73. The zero-order chi connectivity index (χ0) is 14.3. The summed E-state index contributed by atoms with van der Waals surface area (Å²) in [6, 6.07) is 2.17. The van der Waals surface area contributed by atoms with Crippen LogP contribution in [0.5, 0.6) is 5.75 Å². The van der Waals surface area contributed by atoms with Gasteiger partial charge in [0.25, 0.3) is 0 Å². The van der Waals surface area contributed by atoms with Gasteiger partial charge in [-0.3, -0.25) is 4.98 Å². The minimum Gasteiger partial charge on any atom is -0.489 e. The maximum Gasteiger partial charge on any atom is 0.138 e. The van der Waals surface area contributed by atoms with Crippen molar-refractivity contribution in [1.29, 1.82) is 0 Å². The molecule has 1 N–H and O–H groups in total. The van der Waals surface area contributed by atoms with Crippen molar-refractivity contribution in [2.24, 2.45) is 0 Å². The summed E-state index contributed by atoms with van der Waals surface area (Å²) in [5, 5.41) is 3.50. The van der Waals surface area contributed by atoms with Crippen LogP contribution in [0.4, 0.5) is 0 Å². The quantitative estimate of drug-likeness (QED) is 0.785. The third-order valence-corrected chi connectivity index (χ3v) is 2.92. The Morgan fingerprint density at radius 3 is 2.58 bits per heavy atom. The van der Waals surface area contributed by atoms with E-state index in [9.17, 15) is 0 Å². The normalized spacial score (nSPS) is 14.4. The predicted octanol–water partition coefficient (Wildman–Crippen LogP) is 2.94. The van der Waals surface area contributed by atoms with Crippen molar-refractivity contribution in [2.45, 2.75) is 52.4 Å². The molecule has 0 saturated carbocycles. The summed E-state index contributed by atoms with van der Waals surface area (Å²) in [5.41, 5.74) is 1.10. The highest BCUT2D eigenvalue weighted by molar-refractivity contribution is 5.27. The molecule has 0 saturated heterocycles. The first kappa shape index (κ1) is 15.9. The molecule has 0 bridgehead atoms. The average molecular weight is 266 g/mol. The lowest BCUT2D eigenvalue weighted by atomic mass is 10.0. The number of nitrogens with one attached hydrogen (secondary N) is 1. The van der Waals surface area contributed by atoms with Crippen LogP contribution in [0.3, 0.4) is 0 Å². The lowest BCUT2D eigenvalue weighted by molar-refractivity contribution is 0.0828. The molecular weight excluding hydrogens is 240 g/mol. The van der Waals surface area contributed by atoms with Gasteiger partial charge in [0, 0.05) is 13.3 Å². The molecule has 4 heteroatoms. The first-order valence-corrected chi connectivity index (χ1v) is 6.96. The monoisotopic (exact) mass is 266 g/mol. The number of nitrogens with zero attached hydrogens (tertiary/aromatic N) is 1. The number of hydrogen-bond acceptors (Lipinski definition) is 4. The van der Waals surface area contributed by atoms with Crippen LogP contribution >= 0.6 is 0 Å². The van der Waals surface area contributed by atoms with Gasteiger partial charge < -0.3 is 14.8 Å². The Labute approximate surface area is 116 Å². The average Bonchev–Trinajstić information content (AvgIpc) is 2.38. The fourth-order valence-electron chi connectivity index (χ4n) is 1.93. The minimum absolute atomic E-state index is 0.0858. The molecular formula is C15H26N2O2. The standard InChI is InChI=1S/C15H26N2O2/c1-6-7-17-15(12(4)18-5)13-8-14(10-16-9-13)19-11(2)3/h8-12,15,17H,6-7H2,1-5H3. The highest BCUT2D eigenvalue weighted by Crippen LogP contribution is 2.22. The summed E-state index contributed by atoms with van der Waals surface area (Å²) >= 11 is 0. The summed E-state index contributed by atoms with van der Waals surface area (Å²) in [5.74, 6) is 0.805. The van der Waals surface area contributed by atoms with E-state index in [1.807, 2.05) is 26.1 Å². The van der Waals surface area contributed by atoms with Crippen LogP contribution in [0.1, 0.15) is 45.7 Å². The zero-order valence-corrected chi connectivity index (χ0v) is 12.6. The first-order chi connectivity index (χ1) is 9.08. The van der Waals surface area contributed by atoms with Crippen molar-refractivity contribution >= 4 is 0 Å². The lowest BCUT2D eigenvalue weighted by Gasteiger charge is -2.24. The van der Waals surface area contributed by atoms with Crippen molar-refractivity contribution in [1.82, 2.24) is 10.3 Å². The van der Waals surface area contributed by atoms with Crippen LogP contribution in [0.2, 0.25) is 0 Å². The second-order valence-corrected chi connectivity index (χ2v) is 4.99. The summed E-state index contributed by atoms with van der Waals surface area (Å²) < 4.78 is 11.1.